The van der Waals surface area contributed by atoms with Gasteiger partial charge < -0.3 is 16.2 Å². The Bertz CT molecular complexity index is 697. The van der Waals surface area contributed by atoms with Crippen LogP contribution in [0.25, 0.3) is 0 Å². The van der Waals surface area contributed by atoms with Crippen molar-refractivity contribution in [1.29, 1.82) is 5.26 Å². The van der Waals surface area contributed by atoms with Crippen LogP contribution >= 0.6 is 11.8 Å². The molecule has 2 amide bonds. The van der Waals surface area contributed by atoms with Crippen molar-refractivity contribution in [2.24, 2.45) is 11.5 Å². The number of rotatable bonds is 4. The summed E-state index contributed by atoms with van der Waals surface area (Å²) >= 11 is 1.12. The molecule has 0 fully saturated rings. The van der Waals surface area contributed by atoms with Gasteiger partial charge in [0.25, 0.3) is 5.24 Å². The highest BCUT2D eigenvalue weighted by Crippen LogP contribution is 2.10. The molecule has 0 bridgehead atoms. The Hall–Kier alpha value is -2.98. The third-order valence-electron chi connectivity index (χ3n) is 2.69. The van der Waals surface area contributed by atoms with Crippen LogP contribution in [0.5, 0.6) is 0 Å². The van der Waals surface area contributed by atoms with Gasteiger partial charge in [0.05, 0.1) is 11.6 Å². The smallest absolute Gasteiger partial charge is 0.404 e. The summed E-state index contributed by atoms with van der Waals surface area (Å²) in [5.74, 6) is 0.663. The average Bonchev–Trinajstić information content (AvgIpc) is 2.60. The van der Waals surface area contributed by atoms with Crippen LogP contribution in [0.3, 0.4) is 0 Å². The lowest BCUT2D eigenvalue weighted by atomic mass is 10.2. The second kappa shape index (κ2) is 10.7. The molecule has 124 valence electrons. The fourth-order valence-corrected chi connectivity index (χ4v) is 2.06. The number of amides is 2. The third kappa shape index (κ3) is 8.46. The summed E-state index contributed by atoms with van der Waals surface area (Å²) in [4.78, 5) is 20.6. The van der Waals surface area contributed by atoms with E-state index in [1.54, 1.807) is 24.3 Å². The van der Waals surface area contributed by atoms with E-state index >= 15 is 0 Å². The molecular formula is C17H17N3O3S. The second-order valence-corrected chi connectivity index (χ2v) is 5.49. The van der Waals surface area contributed by atoms with Crippen LogP contribution in [0.15, 0.2) is 54.6 Å². The zero-order valence-electron chi connectivity index (χ0n) is 12.8. The van der Waals surface area contributed by atoms with Gasteiger partial charge in [-0.15, -0.1) is 0 Å². The predicted octanol–water partition coefficient (Wildman–Crippen LogP) is 3.15. The number of benzene rings is 2. The molecule has 0 aliphatic carbocycles. The van der Waals surface area contributed by atoms with Crippen LogP contribution in [-0.2, 0) is 17.1 Å². The van der Waals surface area contributed by atoms with E-state index in [4.69, 9.17) is 16.7 Å². The largest absolute Gasteiger partial charge is 0.445 e. The van der Waals surface area contributed by atoms with E-state index in [0.717, 1.165) is 22.9 Å². The number of nitrogens with zero attached hydrogens (tertiary/aromatic N) is 1. The first kappa shape index (κ1) is 19.1. The number of hydrogen-bond donors (Lipinski definition) is 2. The molecular weight excluding hydrogens is 326 g/mol. The van der Waals surface area contributed by atoms with E-state index in [-0.39, 0.29) is 11.8 Å². The summed E-state index contributed by atoms with van der Waals surface area (Å²) in [6.07, 6.45) is -0.802. The molecule has 0 aliphatic heterocycles. The minimum Gasteiger partial charge on any atom is -0.445 e. The third-order valence-corrected chi connectivity index (χ3v) is 3.45. The monoisotopic (exact) mass is 343 g/mol. The number of primary amides is 2. The van der Waals surface area contributed by atoms with E-state index < -0.39 is 6.09 Å². The molecule has 0 heterocycles. The molecule has 4 N–H and O–H groups in total. The predicted molar refractivity (Wildman–Crippen MR) is 92.8 cm³/mol. The summed E-state index contributed by atoms with van der Waals surface area (Å²) in [7, 11) is 0. The Morgan fingerprint density at radius 2 is 1.62 bits per heavy atom. The molecule has 2 aromatic carbocycles. The summed E-state index contributed by atoms with van der Waals surface area (Å²) in [6, 6.07) is 18.5. The molecule has 0 radical (unpaired) electrons. The van der Waals surface area contributed by atoms with Gasteiger partial charge in [-0.3, -0.25) is 4.79 Å². The highest BCUT2D eigenvalue weighted by Gasteiger charge is 1.97. The second-order valence-electron chi connectivity index (χ2n) is 4.51. The van der Waals surface area contributed by atoms with Gasteiger partial charge in [-0.1, -0.05) is 54.2 Å². The Morgan fingerprint density at radius 1 is 1.00 bits per heavy atom. The maximum Gasteiger partial charge on any atom is 0.404 e. The van der Waals surface area contributed by atoms with Crippen molar-refractivity contribution in [1.82, 2.24) is 0 Å². The molecule has 24 heavy (non-hydrogen) atoms. The maximum absolute atomic E-state index is 10.4. The molecule has 0 saturated carbocycles. The number of hydrogen-bond acceptors (Lipinski definition) is 5. The Balaban J connectivity index is 0.000000243. The molecule has 2 rings (SSSR count). The summed E-state index contributed by atoms with van der Waals surface area (Å²) in [6.45, 7) is 0.140. The minimum absolute atomic E-state index is 0.140. The number of carbonyl (C=O) groups is 2. The number of carbonyl (C=O) groups excluding carboxylic acids is 2. The van der Waals surface area contributed by atoms with E-state index in [9.17, 15) is 9.59 Å². The SMILES string of the molecule is N#Cc1ccc(COC(N)=O)cc1.NC(=O)SCc1ccccc1. The molecule has 0 saturated heterocycles. The van der Waals surface area contributed by atoms with Crippen LogP contribution in [0.4, 0.5) is 9.59 Å². The maximum atomic E-state index is 10.4. The quantitative estimate of drug-likeness (QED) is 0.883. The van der Waals surface area contributed by atoms with Crippen molar-refractivity contribution < 1.29 is 14.3 Å². The fourth-order valence-electron chi connectivity index (χ4n) is 1.56. The van der Waals surface area contributed by atoms with Crippen LogP contribution < -0.4 is 11.5 Å². The zero-order chi connectivity index (χ0) is 17.8. The number of nitriles is 1. The molecule has 2 aromatic rings. The van der Waals surface area contributed by atoms with Crippen LogP contribution in [0, 0.1) is 11.3 Å². The van der Waals surface area contributed by atoms with Gasteiger partial charge in [0.15, 0.2) is 0 Å². The first-order valence-electron chi connectivity index (χ1n) is 6.88. The minimum atomic E-state index is -0.802. The van der Waals surface area contributed by atoms with Crippen molar-refractivity contribution in [2.45, 2.75) is 12.4 Å². The molecule has 0 spiro atoms. The van der Waals surface area contributed by atoms with Gasteiger partial charge in [0, 0.05) is 5.75 Å². The van der Waals surface area contributed by atoms with Crippen LogP contribution in [-0.4, -0.2) is 11.3 Å². The van der Waals surface area contributed by atoms with E-state index in [1.807, 2.05) is 36.4 Å². The van der Waals surface area contributed by atoms with Gasteiger partial charge in [-0.2, -0.15) is 5.26 Å². The van der Waals surface area contributed by atoms with Gasteiger partial charge in [-0.05, 0) is 23.3 Å². The first-order valence-corrected chi connectivity index (χ1v) is 7.87. The molecule has 6 nitrogen and oxygen atoms in total. The van der Waals surface area contributed by atoms with E-state index in [1.165, 1.54) is 0 Å². The lowest BCUT2D eigenvalue weighted by Gasteiger charge is -2.00. The molecule has 0 aromatic heterocycles. The van der Waals surface area contributed by atoms with Crippen molar-refractivity contribution in [3.63, 3.8) is 0 Å². The number of thioether (sulfide) groups is 1. The Labute approximate surface area is 144 Å². The highest BCUT2D eigenvalue weighted by molar-refractivity contribution is 8.12. The topological polar surface area (TPSA) is 119 Å². The molecule has 0 atom stereocenters. The summed E-state index contributed by atoms with van der Waals surface area (Å²) in [5, 5.41) is 8.17. The van der Waals surface area contributed by atoms with Gasteiger partial charge in [0.1, 0.15) is 6.61 Å². The van der Waals surface area contributed by atoms with E-state index in [0.29, 0.717) is 11.3 Å². The lowest BCUT2D eigenvalue weighted by Crippen LogP contribution is -2.12. The van der Waals surface area contributed by atoms with Crippen LogP contribution in [0.2, 0.25) is 0 Å². The van der Waals surface area contributed by atoms with Gasteiger partial charge >= 0.3 is 6.09 Å². The lowest BCUT2D eigenvalue weighted by molar-refractivity contribution is 0.150. The number of ether oxygens (including phenoxy) is 1. The first-order chi connectivity index (χ1) is 11.5. The Kier molecular flexibility index (Phi) is 8.50. The van der Waals surface area contributed by atoms with Crippen LogP contribution in [0.1, 0.15) is 16.7 Å². The Morgan fingerprint density at radius 3 is 2.12 bits per heavy atom. The molecule has 0 unspecified atom stereocenters. The van der Waals surface area contributed by atoms with Crippen molar-refractivity contribution in [2.75, 3.05) is 0 Å². The van der Waals surface area contributed by atoms with Gasteiger partial charge in [0.2, 0.25) is 0 Å². The summed E-state index contributed by atoms with van der Waals surface area (Å²) < 4.78 is 4.56. The standard InChI is InChI=1S/C9H8N2O2.C8H9NOS/c10-5-7-1-3-8(4-2-7)6-13-9(11)12;9-8(10)11-6-7-4-2-1-3-5-7/h1-4H,6H2,(H2,11,12);1-5H,6H2,(H2,9,10). The van der Waals surface area contributed by atoms with Gasteiger partial charge in [-0.25, -0.2) is 4.79 Å². The zero-order valence-corrected chi connectivity index (χ0v) is 13.7. The summed E-state index contributed by atoms with van der Waals surface area (Å²) in [5.41, 5.74) is 12.2. The van der Waals surface area contributed by atoms with Crippen molar-refractivity contribution in [3.8, 4) is 6.07 Å². The average molecular weight is 343 g/mol. The number of nitrogens with two attached hydrogens (primary N) is 2. The highest BCUT2D eigenvalue weighted by atomic mass is 32.2. The fraction of sp³-hybridized carbons (Fsp3) is 0.118. The van der Waals surface area contributed by atoms with Crippen molar-refractivity contribution in [3.05, 3.63) is 71.3 Å². The van der Waals surface area contributed by atoms with E-state index in [2.05, 4.69) is 4.74 Å². The molecule has 7 heteroatoms. The normalized spacial score (nSPS) is 9.12. The van der Waals surface area contributed by atoms with Crippen molar-refractivity contribution >= 4 is 23.1 Å². The molecule has 0 aliphatic rings.